The van der Waals surface area contributed by atoms with Crippen molar-refractivity contribution in [1.82, 2.24) is 10.3 Å². The van der Waals surface area contributed by atoms with Crippen molar-refractivity contribution >= 4 is 61.1 Å². The van der Waals surface area contributed by atoms with Crippen molar-refractivity contribution in [3.8, 4) is 0 Å². The molecule has 0 atom stereocenters. The Morgan fingerprint density at radius 1 is 0.955 bits per heavy atom. The van der Waals surface area contributed by atoms with E-state index in [2.05, 4.69) is 26.2 Å². The van der Waals surface area contributed by atoms with Gasteiger partial charge in [0.2, 0.25) is 0 Å². The fourth-order valence-corrected chi connectivity index (χ4v) is 3.99. The number of aromatic nitrogens is 1. The predicted octanol–water partition coefficient (Wildman–Crippen LogP) is 3.56. The van der Waals surface area contributed by atoms with Crippen LogP contribution >= 0.6 is 27.3 Å². The molecule has 0 fully saturated rings. The van der Waals surface area contributed by atoms with Gasteiger partial charge in [-0.1, -0.05) is 18.2 Å². The second-order valence-electron chi connectivity index (χ2n) is 4.89. The molecule has 0 saturated heterocycles. The molecule has 1 aromatic carbocycles. The minimum Gasteiger partial charge on any atom is -0.361 e. The molecular formula is C16H9BrN2O2S. The first-order chi connectivity index (χ1) is 10.7. The third kappa shape index (κ3) is 1.88. The van der Waals surface area contributed by atoms with Gasteiger partial charge in [0.05, 0.1) is 14.9 Å². The van der Waals surface area contributed by atoms with Gasteiger partial charge in [-0.05, 0) is 33.4 Å². The maximum Gasteiger partial charge on any atom is 0.259 e. The molecule has 6 heteroatoms. The normalized spacial score (nSPS) is 15.0. The Kier molecular flexibility index (Phi) is 3.02. The molecule has 2 N–H and O–H groups in total. The molecule has 2 aromatic heterocycles. The van der Waals surface area contributed by atoms with Crippen LogP contribution in [0.1, 0.15) is 11.1 Å². The number of para-hydroxylation sites is 1. The standard InChI is InChI=1S/C16H9BrN2O2S/c17-14-9(5-6-22-14)12-13(16(21)19-15(12)20)10-7-18-11-4-2-1-3-8(10)11/h1-7,18H,(H,19,20,21). The number of hydrogen-bond acceptors (Lipinski definition) is 3. The lowest BCUT2D eigenvalue weighted by atomic mass is 9.97. The Hall–Kier alpha value is -2.18. The number of imide groups is 1. The number of benzene rings is 1. The largest absolute Gasteiger partial charge is 0.361 e. The van der Waals surface area contributed by atoms with Crippen molar-refractivity contribution in [3.05, 3.63) is 56.8 Å². The number of halogens is 1. The van der Waals surface area contributed by atoms with Crippen LogP contribution in [0.15, 0.2) is 45.7 Å². The summed E-state index contributed by atoms with van der Waals surface area (Å²) in [6, 6.07) is 9.55. The zero-order valence-corrected chi connectivity index (χ0v) is 13.5. The number of amides is 2. The van der Waals surface area contributed by atoms with Crippen molar-refractivity contribution in [1.29, 1.82) is 0 Å². The number of rotatable bonds is 2. The third-order valence-corrected chi connectivity index (χ3v) is 5.36. The maximum atomic E-state index is 12.3. The summed E-state index contributed by atoms with van der Waals surface area (Å²) >= 11 is 4.93. The smallest absolute Gasteiger partial charge is 0.259 e. The highest BCUT2D eigenvalue weighted by Crippen LogP contribution is 2.39. The van der Waals surface area contributed by atoms with E-state index in [1.54, 1.807) is 6.20 Å². The van der Waals surface area contributed by atoms with Crippen LogP contribution in [0.3, 0.4) is 0 Å². The lowest BCUT2D eigenvalue weighted by molar-refractivity contribution is -0.122. The van der Waals surface area contributed by atoms with Crippen molar-refractivity contribution in [2.75, 3.05) is 0 Å². The Morgan fingerprint density at radius 2 is 1.68 bits per heavy atom. The molecule has 0 spiro atoms. The van der Waals surface area contributed by atoms with E-state index in [1.165, 1.54) is 11.3 Å². The number of fused-ring (bicyclic) bond motifs is 1. The lowest BCUT2D eigenvalue weighted by Crippen LogP contribution is -2.22. The van der Waals surface area contributed by atoms with E-state index in [1.807, 2.05) is 35.7 Å². The summed E-state index contributed by atoms with van der Waals surface area (Å²) in [6.07, 6.45) is 1.78. The second kappa shape index (κ2) is 4.93. The number of carbonyl (C=O) groups excluding carboxylic acids is 2. The van der Waals surface area contributed by atoms with Crippen LogP contribution in [0.5, 0.6) is 0 Å². The summed E-state index contributed by atoms with van der Waals surface area (Å²) in [7, 11) is 0. The van der Waals surface area contributed by atoms with Gasteiger partial charge in [-0.25, -0.2) is 0 Å². The quantitative estimate of drug-likeness (QED) is 0.675. The predicted molar refractivity (Wildman–Crippen MR) is 90.3 cm³/mol. The van der Waals surface area contributed by atoms with E-state index in [4.69, 9.17) is 0 Å². The molecule has 22 heavy (non-hydrogen) atoms. The van der Waals surface area contributed by atoms with Crippen LogP contribution < -0.4 is 5.32 Å². The lowest BCUT2D eigenvalue weighted by Gasteiger charge is -2.02. The zero-order chi connectivity index (χ0) is 15.3. The molecular weight excluding hydrogens is 364 g/mol. The average molecular weight is 373 g/mol. The first-order valence-electron chi connectivity index (χ1n) is 6.56. The summed E-state index contributed by atoms with van der Waals surface area (Å²) in [5, 5.41) is 5.21. The molecule has 2 amide bonds. The molecule has 1 aliphatic heterocycles. The SMILES string of the molecule is O=C1NC(=O)C(c2c[nH]c3ccccc23)=C1c1ccsc1Br. The Balaban J connectivity index is 2.05. The van der Waals surface area contributed by atoms with Crippen molar-refractivity contribution in [2.45, 2.75) is 0 Å². The van der Waals surface area contributed by atoms with Gasteiger partial charge >= 0.3 is 0 Å². The van der Waals surface area contributed by atoms with Gasteiger partial charge in [-0.3, -0.25) is 14.9 Å². The summed E-state index contributed by atoms with van der Waals surface area (Å²) in [4.78, 5) is 27.7. The number of thiophene rings is 1. The van der Waals surface area contributed by atoms with Crippen LogP contribution in [0.4, 0.5) is 0 Å². The average Bonchev–Trinajstić information content (AvgIpc) is 3.16. The third-order valence-electron chi connectivity index (χ3n) is 3.68. The zero-order valence-electron chi connectivity index (χ0n) is 11.1. The number of nitrogens with one attached hydrogen (secondary N) is 2. The van der Waals surface area contributed by atoms with Crippen LogP contribution in [0, 0.1) is 0 Å². The molecule has 0 aliphatic carbocycles. The van der Waals surface area contributed by atoms with Gasteiger partial charge in [0, 0.05) is 28.2 Å². The molecule has 3 heterocycles. The number of hydrogen-bond donors (Lipinski definition) is 2. The minimum absolute atomic E-state index is 0.357. The van der Waals surface area contributed by atoms with E-state index in [9.17, 15) is 9.59 Å². The van der Waals surface area contributed by atoms with Gasteiger partial charge in [-0.15, -0.1) is 11.3 Å². The molecule has 0 saturated carbocycles. The van der Waals surface area contributed by atoms with E-state index >= 15 is 0 Å². The first kappa shape index (κ1) is 13.5. The Morgan fingerprint density at radius 3 is 2.41 bits per heavy atom. The minimum atomic E-state index is -0.358. The van der Waals surface area contributed by atoms with Crippen molar-refractivity contribution < 1.29 is 9.59 Å². The fraction of sp³-hybridized carbons (Fsp3) is 0. The molecule has 108 valence electrons. The van der Waals surface area contributed by atoms with Gasteiger partial charge in [-0.2, -0.15) is 0 Å². The van der Waals surface area contributed by atoms with Crippen LogP contribution in [0.2, 0.25) is 0 Å². The second-order valence-corrected chi connectivity index (χ2v) is 7.12. The highest BCUT2D eigenvalue weighted by molar-refractivity contribution is 9.11. The molecule has 0 radical (unpaired) electrons. The molecule has 3 aromatic rings. The Bertz CT molecular complexity index is 967. The highest BCUT2D eigenvalue weighted by Gasteiger charge is 2.34. The molecule has 0 bridgehead atoms. The number of carbonyl (C=O) groups is 2. The van der Waals surface area contributed by atoms with Gasteiger partial charge in [0.15, 0.2) is 0 Å². The Labute approximate surface area is 138 Å². The molecule has 0 unspecified atom stereocenters. The van der Waals surface area contributed by atoms with E-state index in [0.29, 0.717) is 11.1 Å². The first-order valence-corrected chi connectivity index (χ1v) is 8.24. The summed E-state index contributed by atoms with van der Waals surface area (Å²) in [5.41, 5.74) is 3.26. The summed E-state index contributed by atoms with van der Waals surface area (Å²) < 4.78 is 0.838. The number of H-pyrrole nitrogens is 1. The van der Waals surface area contributed by atoms with E-state index in [-0.39, 0.29) is 11.8 Å². The van der Waals surface area contributed by atoms with Gasteiger partial charge < -0.3 is 4.98 Å². The number of aromatic amines is 1. The monoisotopic (exact) mass is 372 g/mol. The fourth-order valence-electron chi connectivity index (χ4n) is 2.72. The van der Waals surface area contributed by atoms with Crippen LogP contribution in [0.25, 0.3) is 22.0 Å². The summed E-state index contributed by atoms with van der Waals surface area (Å²) in [6.45, 7) is 0. The van der Waals surface area contributed by atoms with Crippen molar-refractivity contribution in [2.24, 2.45) is 0 Å². The molecule has 1 aliphatic rings. The van der Waals surface area contributed by atoms with E-state index in [0.717, 1.165) is 25.8 Å². The topological polar surface area (TPSA) is 62.0 Å². The van der Waals surface area contributed by atoms with Crippen molar-refractivity contribution in [3.63, 3.8) is 0 Å². The van der Waals surface area contributed by atoms with E-state index < -0.39 is 0 Å². The van der Waals surface area contributed by atoms with Crippen LogP contribution in [-0.2, 0) is 9.59 Å². The van der Waals surface area contributed by atoms with Gasteiger partial charge in [0.25, 0.3) is 11.8 Å². The molecule has 4 nitrogen and oxygen atoms in total. The highest BCUT2D eigenvalue weighted by atomic mass is 79.9. The van der Waals surface area contributed by atoms with Crippen LogP contribution in [-0.4, -0.2) is 16.8 Å². The maximum absolute atomic E-state index is 12.3. The van der Waals surface area contributed by atoms with Gasteiger partial charge in [0.1, 0.15) is 0 Å². The molecule has 4 rings (SSSR count). The summed E-state index contributed by atoms with van der Waals surface area (Å²) in [5.74, 6) is -0.716.